The van der Waals surface area contributed by atoms with Gasteiger partial charge in [-0.3, -0.25) is 4.79 Å². The number of carbonyl (C=O) groups excluding carboxylic acids is 1. The number of aliphatic hydroxyl groups is 2. The van der Waals surface area contributed by atoms with Crippen LogP contribution in [-0.4, -0.2) is 28.7 Å². The maximum absolute atomic E-state index is 11.9. The third kappa shape index (κ3) is 2.41. The number of carbonyl (C=O) groups is 1. The Morgan fingerprint density at radius 1 is 1.20 bits per heavy atom. The van der Waals surface area contributed by atoms with Gasteiger partial charge in [0.1, 0.15) is 0 Å². The summed E-state index contributed by atoms with van der Waals surface area (Å²) in [4.78, 5) is 11.9. The summed E-state index contributed by atoms with van der Waals surface area (Å²) < 4.78 is 0. The maximum atomic E-state index is 11.9. The molecule has 0 aromatic carbocycles. The van der Waals surface area contributed by atoms with E-state index >= 15 is 0 Å². The zero-order valence-electron chi connectivity index (χ0n) is 16.0. The first kappa shape index (κ1) is 17.7. The molecule has 4 rings (SSSR count). The number of rotatable bonds is 2. The highest BCUT2D eigenvalue weighted by molar-refractivity contribution is 5.91. The van der Waals surface area contributed by atoms with E-state index < -0.39 is 0 Å². The fourth-order valence-corrected chi connectivity index (χ4v) is 7.63. The Morgan fingerprint density at radius 3 is 2.68 bits per heavy atom. The monoisotopic (exact) mass is 346 g/mol. The lowest BCUT2D eigenvalue weighted by atomic mass is 9.46. The van der Waals surface area contributed by atoms with Gasteiger partial charge in [0.25, 0.3) is 0 Å². The van der Waals surface area contributed by atoms with Crippen LogP contribution in [-0.2, 0) is 4.79 Å². The second kappa shape index (κ2) is 5.92. The summed E-state index contributed by atoms with van der Waals surface area (Å²) in [6.45, 7) is 7.26. The van der Waals surface area contributed by atoms with Crippen LogP contribution in [0.15, 0.2) is 11.6 Å². The fraction of sp³-hybridized carbons (Fsp3) is 0.864. The van der Waals surface area contributed by atoms with Gasteiger partial charge < -0.3 is 10.2 Å². The summed E-state index contributed by atoms with van der Waals surface area (Å²) in [5.74, 6) is 2.62. The van der Waals surface area contributed by atoms with Gasteiger partial charge in [0.2, 0.25) is 0 Å². The number of fused-ring (bicyclic) bond motifs is 5. The third-order valence-electron chi connectivity index (χ3n) is 9.03. The van der Waals surface area contributed by atoms with Crippen LogP contribution in [0.5, 0.6) is 0 Å². The van der Waals surface area contributed by atoms with Crippen molar-refractivity contribution in [3.63, 3.8) is 0 Å². The molecule has 8 atom stereocenters. The van der Waals surface area contributed by atoms with Crippen LogP contribution in [0.1, 0.15) is 65.7 Å². The van der Waals surface area contributed by atoms with Crippen LogP contribution < -0.4 is 0 Å². The molecular formula is C22H34O3. The van der Waals surface area contributed by atoms with Crippen molar-refractivity contribution in [2.45, 2.75) is 71.8 Å². The van der Waals surface area contributed by atoms with Gasteiger partial charge in [-0.15, -0.1) is 0 Å². The summed E-state index contributed by atoms with van der Waals surface area (Å²) in [5, 5.41) is 20.8. The minimum absolute atomic E-state index is 0.111. The maximum Gasteiger partial charge on any atom is 0.155 e. The van der Waals surface area contributed by atoms with Crippen molar-refractivity contribution in [3.8, 4) is 0 Å². The van der Waals surface area contributed by atoms with E-state index in [4.69, 9.17) is 0 Å². The molecule has 4 aliphatic rings. The van der Waals surface area contributed by atoms with E-state index in [9.17, 15) is 15.0 Å². The predicted molar refractivity (Wildman–Crippen MR) is 97.8 cm³/mol. The van der Waals surface area contributed by atoms with Crippen molar-refractivity contribution in [3.05, 3.63) is 11.6 Å². The quantitative estimate of drug-likeness (QED) is 0.801. The lowest BCUT2D eigenvalue weighted by Crippen LogP contribution is -2.55. The van der Waals surface area contributed by atoms with Crippen LogP contribution in [0.2, 0.25) is 0 Å². The van der Waals surface area contributed by atoms with Gasteiger partial charge >= 0.3 is 0 Å². The molecule has 0 aromatic rings. The van der Waals surface area contributed by atoms with E-state index in [-0.39, 0.29) is 29.3 Å². The Kier molecular flexibility index (Phi) is 4.20. The molecule has 3 heteroatoms. The molecule has 3 fully saturated rings. The molecule has 3 nitrogen and oxygen atoms in total. The molecule has 0 radical (unpaired) electrons. The molecule has 0 bridgehead atoms. The summed E-state index contributed by atoms with van der Waals surface area (Å²) in [7, 11) is 0. The van der Waals surface area contributed by atoms with Crippen molar-refractivity contribution in [2.75, 3.05) is 6.61 Å². The molecule has 140 valence electrons. The number of aliphatic hydroxyl groups excluding tert-OH is 2. The SMILES string of the molecule is C[C@H](CO)[C@H]1CCC2C3C(CC[C@@]21C)[C@@]1(C)CCC(=O)C=C1C[C@H]3O. The van der Waals surface area contributed by atoms with Gasteiger partial charge in [-0.05, 0) is 85.0 Å². The number of ketones is 1. The highest BCUT2D eigenvalue weighted by Crippen LogP contribution is 2.67. The van der Waals surface area contributed by atoms with Gasteiger partial charge in [-0.2, -0.15) is 0 Å². The second-order valence-corrected chi connectivity index (χ2v) is 10.0. The highest BCUT2D eigenvalue weighted by Gasteiger charge is 2.61. The van der Waals surface area contributed by atoms with Crippen LogP contribution >= 0.6 is 0 Å². The minimum atomic E-state index is -0.303. The van der Waals surface area contributed by atoms with E-state index in [0.29, 0.717) is 42.4 Å². The first-order chi connectivity index (χ1) is 11.8. The van der Waals surface area contributed by atoms with E-state index in [1.165, 1.54) is 24.8 Å². The van der Waals surface area contributed by atoms with Crippen LogP contribution in [0.4, 0.5) is 0 Å². The Bertz CT molecular complexity index is 596. The van der Waals surface area contributed by atoms with Crippen molar-refractivity contribution >= 4 is 5.78 Å². The van der Waals surface area contributed by atoms with Gasteiger partial charge in [-0.1, -0.05) is 26.3 Å². The Morgan fingerprint density at radius 2 is 1.96 bits per heavy atom. The molecule has 3 saturated carbocycles. The van der Waals surface area contributed by atoms with E-state index in [2.05, 4.69) is 20.8 Å². The zero-order valence-corrected chi connectivity index (χ0v) is 16.0. The summed E-state index contributed by atoms with van der Waals surface area (Å²) >= 11 is 0. The molecule has 0 aliphatic heterocycles. The topological polar surface area (TPSA) is 57.5 Å². The van der Waals surface area contributed by atoms with Crippen molar-refractivity contribution < 1.29 is 15.0 Å². The van der Waals surface area contributed by atoms with E-state index in [1.807, 2.05) is 6.08 Å². The molecule has 0 amide bonds. The lowest BCUT2D eigenvalue weighted by Gasteiger charge is -2.59. The van der Waals surface area contributed by atoms with Crippen LogP contribution in [0, 0.1) is 40.4 Å². The number of hydrogen-bond donors (Lipinski definition) is 2. The minimum Gasteiger partial charge on any atom is -0.396 e. The largest absolute Gasteiger partial charge is 0.396 e. The van der Waals surface area contributed by atoms with Crippen molar-refractivity contribution in [1.29, 1.82) is 0 Å². The van der Waals surface area contributed by atoms with Gasteiger partial charge in [-0.25, -0.2) is 0 Å². The summed E-state index contributed by atoms with van der Waals surface area (Å²) in [6, 6.07) is 0. The predicted octanol–water partition coefficient (Wildman–Crippen LogP) is 3.73. The van der Waals surface area contributed by atoms with Crippen molar-refractivity contribution in [2.24, 2.45) is 40.4 Å². The molecule has 0 heterocycles. The molecule has 2 N–H and O–H groups in total. The molecule has 25 heavy (non-hydrogen) atoms. The Labute approximate surface area is 151 Å². The highest BCUT2D eigenvalue weighted by atomic mass is 16.3. The average molecular weight is 347 g/mol. The first-order valence-corrected chi connectivity index (χ1v) is 10.3. The number of hydrogen-bond acceptors (Lipinski definition) is 3. The Balaban J connectivity index is 1.68. The molecule has 0 aromatic heterocycles. The molecule has 3 unspecified atom stereocenters. The van der Waals surface area contributed by atoms with Crippen LogP contribution in [0.3, 0.4) is 0 Å². The second-order valence-electron chi connectivity index (χ2n) is 10.0. The lowest BCUT2D eigenvalue weighted by molar-refractivity contribution is -0.125. The molecular weight excluding hydrogens is 312 g/mol. The van der Waals surface area contributed by atoms with E-state index in [0.717, 1.165) is 12.8 Å². The summed E-state index contributed by atoms with van der Waals surface area (Å²) in [6.07, 6.45) is 8.63. The first-order valence-electron chi connectivity index (χ1n) is 10.3. The molecule has 0 spiro atoms. The van der Waals surface area contributed by atoms with Crippen LogP contribution in [0.25, 0.3) is 0 Å². The third-order valence-corrected chi connectivity index (χ3v) is 9.03. The van der Waals surface area contributed by atoms with Crippen molar-refractivity contribution in [1.82, 2.24) is 0 Å². The van der Waals surface area contributed by atoms with Gasteiger partial charge in [0.15, 0.2) is 5.78 Å². The smallest absolute Gasteiger partial charge is 0.155 e. The fourth-order valence-electron chi connectivity index (χ4n) is 7.63. The van der Waals surface area contributed by atoms with Gasteiger partial charge in [0, 0.05) is 13.0 Å². The standard InChI is InChI=1S/C22H34O3/c1-13(12-23)16-4-5-17-20-18(7-9-22(16,17)3)21(2)8-6-15(24)10-14(21)11-19(20)25/h10,13,16-20,23,25H,4-9,11-12H2,1-3H3/t13-,16-,17?,18?,19-,20?,21+,22-/m1/s1. The average Bonchev–Trinajstić information content (AvgIpc) is 2.93. The normalized spacial score (nSPS) is 50.5. The summed E-state index contributed by atoms with van der Waals surface area (Å²) in [5.41, 5.74) is 1.59. The zero-order chi connectivity index (χ0) is 18.0. The molecule has 0 saturated heterocycles. The Hall–Kier alpha value is -0.670. The van der Waals surface area contributed by atoms with Gasteiger partial charge in [0.05, 0.1) is 6.10 Å². The van der Waals surface area contributed by atoms with E-state index in [1.54, 1.807) is 0 Å². The molecule has 4 aliphatic carbocycles.